The Labute approximate surface area is 93.3 Å². The molecule has 4 heteroatoms. The SMILES string of the molecule is C#Cc1ccc(NSC)cc1C(=O)OC. The Balaban J connectivity index is 3.14. The van der Waals surface area contributed by atoms with Crippen LogP contribution in [-0.4, -0.2) is 19.3 Å². The topological polar surface area (TPSA) is 38.3 Å². The fourth-order valence-electron chi connectivity index (χ4n) is 1.13. The van der Waals surface area contributed by atoms with Crippen molar-refractivity contribution in [3.05, 3.63) is 29.3 Å². The summed E-state index contributed by atoms with van der Waals surface area (Å²) >= 11 is 1.44. The number of anilines is 1. The van der Waals surface area contributed by atoms with E-state index in [1.54, 1.807) is 12.1 Å². The van der Waals surface area contributed by atoms with Crippen LogP contribution in [0.3, 0.4) is 0 Å². The average Bonchev–Trinajstić information content (AvgIpc) is 2.28. The van der Waals surface area contributed by atoms with Gasteiger partial charge in [-0.05, 0) is 18.2 Å². The summed E-state index contributed by atoms with van der Waals surface area (Å²) in [6.45, 7) is 0. The van der Waals surface area contributed by atoms with E-state index in [9.17, 15) is 4.79 Å². The normalized spacial score (nSPS) is 9.13. The van der Waals surface area contributed by atoms with Crippen LogP contribution < -0.4 is 4.72 Å². The van der Waals surface area contributed by atoms with Gasteiger partial charge in [-0.2, -0.15) is 0 Å². The molecular weight excluding hydrogens is 210 g/mol. The second-order valence-corrected chi connectivity index (χ2v) is 3.31. The summed E-state index contributed by atoms with van der Waals surface area (Å²) in [5, 5.41) is 0. The van der Waals surface area contributed by atoms with Gasteiger partial charge >= 0.3 is 5.97 Å². The summed E-state index contributed by atoms with van der Waals surface area (Å²) in [5.41, 5.74) is 1.76. The number of carbonyl (C=O) groups is 1. The molecule has 0 bridgehead atoms. The maximum atomic E-state index is 11.4. The van der Waals surface area contributed by atoms with Crippen molar-refractivity contribution in [3.63, 3.8) is 0 Å². The van der Waals surface area contributed by atoms with E-state index in [4.69, 9.17) is 6.42 Å². The fourth-order valence-corrected chi connectivity index (χ4v) is 1.49. The second kappa shape index (κ2) is 5.32. The largest absolute Gasteiger partial charge is 0.465 e. The lowest BCUT2D eigenvalue weighted by molar-refractivity contribution is 0.0600. The minimum absolute atomic E-state index is 0.402. The van der Waals surface area contributed by atoms with Crippen molar-refractivity contribution in [1.82, 2.24) is 0 Å². The number of hydrogen-bond donors (Lipinski definition) is 1. The first kappa shape index (κ1) is 11.5. The van der Waals surface area contributed by atoms with Crippen molar-refractivity contribution in [2.75, 3.05) is 18.1 Å². The summed E-state index contributed by atoms with van der Waals surface area (Å²) in [7, 11) is 1.33. The summed E-state index contributed by atoms with van der Waals surface area (Å²) in [4.78, 5) is 11.4. The lowest BCUT2D eigenvalue weighted by Gasteiger charge is -2.06. The Hall–Kier alpha value is -1.60. The van der Waals surface area contributed by atoms with E-state index in [1.165, 1.54) is 19.1 Å². The lowest BCUT2D eigenvalue weighted by Crippen LogP contribution is -2.04. The molecule has 1 N–H and O–H groups in total. The zero-order valence-corrected chi connectivity index (χ0v) is 9.35. The quantitative estimate of drug-likeness (QED) is 0.482. The first-order chi connectivity index (χ1) is 7.22. The van der Waals surface area contributed by atoms with Crippen molar-refractivity contribution in [1.29, 1.82) is 0 Å². The minimum Gasteiger partial charge on any atom is -0.465 e. The highest BCUT2D eigenvalue weighted by atomic mass is 32.2. The number of rotatable bonds is 3. The summed E-state index contributed by atoms with van der Waals surface area (Å²) in [6, 6.07) is 5.21. The first-order valence-electron chi connectivity index (χ1n) is 4.21. The minimum atomic E-state index is -0.423. The fraction of sp³-hybridized carbons (Fsp3) is 0.182. The number of nitrogens with one attached hydrogen (secondary N) is 1. The van der Waals surface area contributed by atoms with Gasteiger partial charge in [0, 0.05) is 17.5 Å². The van der Waals surface area contributed by atoms with Gasteiger partial charge in [0.25, 0.3) is 0 Å². The first-order valence-corrected chi connectivity index (χ1v) is 5.43. The molecule has 0 spiro atoms. The molecule has 0 aliphatic carbocycles. The summed E-state index contributed by atoms with van der Waals surface area (Å²) < 4.78 is 7.66. The Bertz CT molecular complexity index is 410. The molecule has 0 saturated heterocycles. The van der Waals surface area contributed by atoms with E-state index in [1.807, 2.05) is 12.3 Å². The van der Waals surface area contributed by atoms with Crippen LogP contribution in [0.2, 0.25) is 0 Å². The number of ether oxygens (including phenoxy) is 1. The maximum Gasteiger partial charge on any atom is 0.339 e. The molecule has 3 nitrogen and oxygen atoms in total. The molecule has 1 aromatic carbocycles. The molecule has 0 saturated carbocycles. The molecule has 1 rings (SSSR count). The Kier molecular flexibility index (Phi) is 4.07. The van der Waals surface area contributed by atoms with E-state index in [0.29, 0.717) is 11.1 Å². The number of methoxy groups -OCH3 is 1. The van der Waals surface area contributed by atoms with Gasteiger partial charge in [-0.1, -0.05) is 17.9 Å². The van der Waals surface area contributed by atoms with Crippen molar-refractivity contribution < 1.29 is 9.53 Å². The molecule has 0 amide bonds. The van der Waals surface area contributed by atoms with Gasteiger partial charge in [0.15, 0.2) is 0 Å². The molecule has 0 fully saturated rings. The van der Waals surface area contributed by atoms with Crippen LogP contribution in [0.5, 0.6) is 0 Å². The molecule has 0 unspecified atom stereocenters. The third-order valence-electron chi connectivity index (χ3n) is 1.80. The molecule has 0 radical (unpaired) electrons. The number of esters is 1. The molecule has 78 valence electrons. The molecular formula is C11H11NO2S. The van der Waals surface area contributed by atoms with Gasteiger partial charge in [0.2, 0.25) is 0 Å². The second-order valence-electron chi connectivity index (χ2n) is 2.70. The predicted molar refractivity (Wildman–Crippen MR) is 62.9 cm³/mol. The Morgan fingerprint density at radius 2 is 2.33 bits per heavy atom. The van der Waals surface area contributed by atoms with Crippen LogP contribution in [0.1, 0.15) is 15.9 Å². The average molecular weight is 221 g/mol. The predicted octanol–water partition coefficient (Wildman–Crippen LogP) is 2.14. The number of carbonyl (C=O) groups excluding carboxylic acids is 1. The summed E-state index contributed by atoms with van der Waals surface area (Å²) in [6.07, 6.45) is 7.18. The van der Waals surface area contributed by atoms with Crippen LogP contribution in [0.25, 0.3) is 0 Å². The van der Waals surface area contributed by atoms with Crippen molar-refractivity contribution in [3.8, 4) is 12.3 Å². The van der Waals surface area contributed by atoms with Crippen molar-refractivity contribution in [2.24, 2.45) is 0 Å². The lowest BCUT2D eigenvalue weighted by atomic mass is 10.1. The third kappa shape index (κ3) is 2.67. The van der Waals surface area contributed by atoms with Gasteiger partial charge in [-0.25, -0.2) is 4.79 Å². The number of terminal acetylenes is 1. The Morgan fingerprint density at radius 1 is 1.60 bits per heavy atom. The highest BCUT2D eigenvalue weighted by Gasteiger charge is 2.10. The smallest absolute Gasteiger partial charge is 0.339 e. The molecule has 0 aliphatic rings. The van der Waals surface area contributed by atoms with Crippen LogP contribution in [0.4, 0.5) is 5.69 Å². The van der Waals surface area contributed by atoms with Crippen LogP contribution >= 0.6 is 11.9 Å². The molecule has 0 atom stereocenters. The highest BCUT2D eigenvalue weighted by molar-refractivity contribution is 7.99. The van der Waals surface area contributed by atoms with Gasteiger partial charge in [0.1, 0.15) is 0 Å². The highest BCUT2D eigenvalue weighted by Crippen LogP contribution is 2.18. The van der Waals surface area contributed by atoms with Crippen molar-refractivity contribution >= 4 is 23.6 Å². The van der Waals surface area contributed by atoms with Crippen LogP contribution in [-0.2, 0) is 4.74 Å². The zero-order valence-electron chi connectivity index (χ0n) is 8.53. The third-order valence-corrected chi connectivity index (χ3v) is 2.24. The molecule has 0 aliphatic heterocycles. The monoisotopic (exact) mass is 221 g/mol. The molecule has 0 heterocycles. The van der Waals surface area contributed by atoms with E-state index >= 15 is 0 Å². The van der Waals surface area contributed by atoms with Gasteiger partial charge < -0.3 is 9.46 Å². The standard InChI is InChI=1S/C11H11NO2S/c1-4-8-5-6-9(12-15-3)7-10(8)11(13)14-2/h1,5-7,12H,2-3H3. The van der Waals surface area contributed by atoms with Gasteiger partial charge in [-0.15, -0.1) is 6.42 Å². The van der Waals surface area contributed by atoms with E-state index in [0.717, 1.165) is 5.69 Å². The van der Waals surface area contributed by atoms with Gasteiger partial charge in [0.05, 0.1) is 12.7 Å². The van der Waals surface area contributed by atoms with E-state index < -0.39 is 5.97 Å². The molecule has 0 aromatic heterocycles. The van der Waals surface area contributed by atoms with Crippen LogP contribution in [0, 0.1) is 12.3 Å². The molecule has 1 aromatic rings. The van der Waals surface area contributed by atoms with Crippen molar-refractivity contribution in [2.45, 2.75) is 0 Å². The number of benzene rings is 1. The zero-order chi connectivity index (χ0) is 11.3. The van der Waals surface area contributed by atoms with E-state index in [2.05, 4.69) is 15.4 Å². The molecule has 15 heavy (non-hydrogen) atoms. The maximum absolute atomic E-state index is 11.4. The van der Waals surface area contributed by atoms with E-state index in [-0.39, 0.29) is 0 Å². The van der Waals surface area contributed by atoms with Crippen LogP contribution in [0.15, 0.2) is 18.2 Å². The Morgan fingerprint density at radius 3 is 2.87 bits per heavy atom. The number of hydrogen-bond acceptors (Lipinski definition) is 4. The van der Waals surface area contributed by atoms with Gasteiger partial charge in [-0.3, -0.25) is 0 Å². The summed E-state index contributed by atoms with van der Waals surface area (Å²) in [5.74, 6) is 2.02.